The highest BCUT2D eigenvalue weighted by Crippen LogP contribution is 2.24. The predicted molar refractivity (Wildman–Crippen MR) is 102 cm³/mol. The molecule has 138 valence electrons. The second kappa shape index (κ2) is 8.27. The first-order valence-electron chi connectivity index (χ1n) is 8.47. The van der Waals surface area contributed by atoms with Crippen LogP contribution in [0, 0.1) is 0 Å². The Balaban J connectivity index is 1.60. The number of hydrogen-bond donors (Lipinski definition) is 1. The number of esters is 1. The Morgan fingerprint density at radius 2 is 1.26 bits per heavy atom. The van der Waals surface area contributed by atoms with Crippen LogP contribution in [0.15, 0.2) is 72.8 Å². The maximum absolute atomic E-state index is 12.2. The molecule has 1 atom stereocenters. The van der Waals surface area contributed by atoms with Gasteiger partial charge in [-0.2, -0.15) is 0 Å². The van der Waals surface area contributed by atoms with Gasteiger partial charge in [-0.05, 0) is 66.6 Å². The zero-order chi connectivity index (χ0) is 19.2. The minimum Gasteiger partial charge on any atom is -0.508 e. The quantitative estimate of drug-likeness (QED) is 0.517. The van der Waals surface area contributed by atoms with Crippen molar-refractivity contribution in [2.75, 3.05) is 7.11 Å². The molecule has 1 unspecified atom stereocenters. The molecule has 3 aromatic carbocycles. The Morgan fingerprint density at radius 3 is 1.81 bits per heavy atom. The van der Waals surface area contributed by atoms with Gasteiger partial charge in [-0.15, -0.1) is 0 Å². The highest BCUT2D eigenvalue weighted by Gasteiger charge is 2.17. The number of ether oxygens (including phenoxy) is 3. The number of carbonyl (C=O) groups excluding carboxylic acids is 1. The monoisotopic (exact) mass is 364 g/mol. The van der Waals surface area contributed by atoms with E-state index in [0.717, 1.165) is 11.1 Å². The van der Waals surface area contributed by atoms with Gasteiger partial charge in [0.2, 0.25) is 0 Å². The van der Waals surface area contributed by atoms with Crippen molar-refractivity contribution in [1.82, 2.24) is 0 Å². The lowest BCUT2D eigenvalue weighted by atomic mass is 10.1. The summed E-state index contributed by atoms with van der Waals surface area (Å²) in [6, 6.07) is 21.0. The third-order valence-corrected chi connectivity index (χ3v) is 3.98. The lowest BCUT2D eigenvalue weighted by molar-refractivity contribution is -0.141. The van der Waals surface area contributed by atoms with E-state index in [1.54, 1.807) is 62.6 Å². The second-order valence-electron chi connectivity index (χ2n) is 5.93. The van der Waals surface area contributed by atoms with Gasteiger partial charge in [-0.1, -0.05) is 24.3 Å². The van der Waals surface area contributed by atoms with Crippen LogP contribution in [-0.4, -0.2) is 24.3 Å². The molecule has 0 aromatic heterocycles. The fourth-order valence-corrected chi connectivity index (χ4v) is 2.47. The van der Waals surface area contributed by atoms with Gasteiger partial charge in [-0.3, -0.25) is 0 Å². The molecule has 0 amide bonds. The molecule has 0 aliphatic carbocycles. The van der Waals surface area contributed by atoms with Crippen molar-refractivity contribution in [2.24, 2.45) is 0 Å². The fraction of sp³-hybridized carbons (Fsp3) is 0.136. The minimum atomic E-state index is -0.754. The van der Waals surface area contributed by atoms with Gasteiger partial charge in [0.1, 0.15) is 23.0 Å². The largest absolute Gasteiger partial charge is 0.508 e. The third kappa shape index (κ3) is 4.79. The highest BCUT2D eigenvalue weighted by atomic mass is 16.6. The average Bonchev–Trinajstić information content (AvgIpc) is 2.70. The summed E-state index contributed by atoms with van der Waals surface area (Å²) >= 11 is 0. The molecular weight excluding hydrogens is 344 g/mol. The van der Waals surface area contributed by atoms with E-state index >= 15 is 0 Å². The number of aromatic hydroxyl groups is 1. The molecule has 0 fully saturated rings. The first-order valence-corrected chi connectivity index (χ1v) is 8.47. The molecule has 0 saturated carbocycles. The second-order valence-corrected chi connectivity index (χ2v) is 5.93. The SMILES string of the molecule is COc1ccc(OC(C)C(=O)Oc2ccc(-c3ccc(O)cc3)cc2)cc1. The number of rotatable bonds is 6. The van der Waals surface area contributed by atoms with E-state index in [0.29, 0.717) is 17.2 Å². The normalized spacial score (nSPS) is 11.5. The van der Waals surface area contributed by atoms with Crippen LogP contribution in [-0.2, 0) is 4.79 Å². The molecule has 1 N–H and O–H groups in total. The first-order chi connectivity index (χ1) is 13.0. The molecule has 0 heterocycles. The smallest absolute Gasteiger partial charge is 0.352 e. The summed E-state index contributed by atoms with van der Waals surface area (Å²) in [5.41, 5.74) is 1.92. The van der Waals surface area contributed by atoms with E-state index in [2.05, 4.69) is 0 Å². The molecular formula is C22H20O5. The van der Waals surface area contributed by atoms with E-state index < -0.39 is 12.1 Å². The van der Waals surface area contributed by atoms with Crippen molar-refractivity contribution in [2.45, 2.75) is 13.0 Å². The van der Waals surface area contributed by atoms with Crippen molar-refractivity contribution in [3.8, 4) is 34.1 Å². The summed E-state index contributed by atoms with van der Waals surface area (Å²) < 4.78 is 16.1. The van der Waals surface area contributed by atoms with Crippen molar-refractivity contribution < 1.29 is 24.1 Å². The number of phenolic OH excluding ortho intramolecular Hbond substituents is 1. The van der Waals surface area contributed by atoms with Gasteiger partial charge in [0, 0.05) is 0 Å². The number of benzene rings is 3. The first kappa shape index (κ1) is 18.3. The molecule has 0 aliphatic rings. The number of methoxy groups -OCH3 is 1. The standard InChI is InChI=1S/C22H20O5/c1-15(26-20-13-11-19(25-2)12-14-20)22(24)27-21-9-5-17(6-10-21)16-3-7-18(23)8-4-16/h3-15,23H,1-2H3. The van der Waals surface area contributed by atoms with Gasteiger partial charge in [0.05, 0.1) is 7.11 Å². The molecule has 5 heteroatoms. The molecule has 0 spiro atoms. The molecule has 5 nitrogen and oxygen atoms in total. The van der Waals surface area contributed by atoms with Gasteiger partial charge < -0.3 is 19.3 Å². The maximum Gasteiger partial charge on any atom is 0.352 e. The van der Waals surface area contributed by atoms with Crippen LogP contribution in [0.2, 0.25) is 0 Å². The van der Waals surface area contributed by atoms with Crippen LogP contribution in [0.3, 0.4) is 0 Å². The van der Waals surface area contributed by atoms with Crippen LogP contribution in [0.25, 0.3) is 11.1 Å². The molecule has 27 heavy (non-hydrogen) atoms. The Hall–Kier alpha value is -3.47. The van der Waals surface area contributed by atoms with Crippen molar-refractivity contribution in [1.29, 1.82) is 0 Å². The Labute approximate surface area is 157 Å². The average molecular weight is 364 g/mol. The van der Waals surface area contributed by atoms with E-state index in [1.807, 2.05) is 24.3 Å². The topological polar surface area (TPSA) is 65.0 Å². The third-order valence-electron chi connectivity index (χ3n) is 3.98. The van der Waals surface area contributed by atoms with E-state index in [-0.39, 0.29) is 5.75 Å². The van der Waals surface area contributed by atoms with Crippen LogP contribution in [0.1, 0.15) is 6.92 Å². The van der Waals surface area contributed by atoms with E-state index in [4.69, 9.17) is 14.2 Å². The summed E-state index contributed by atoms with van der Waals surface area (Å²) in [4.78, 5) is 12.2. The van der Waals surface area contributed by atoms with Crippen LogP contribution < -0.4 is 14.2 Å². The van der Waals surface area contributed by atoms with Crippen molar-refractivity contribution in [3.63, 3.8) is 0 Å². The Bertz CT molecular complexity index is 883. The van der Waals surface area contributed by atoms with Crippen LogP contribution >= 0.6 is 0 Å². The zero-order valence-electron chi connectivity index (χ0n) is 15.1. The molecule has 0 aliphatic heterocycles. The summed E-state index contributed by atoms with van der Waals surface area (Å²) in [6.07, 6.45) is -0.754. The van der Waals surface area contributed by atoms with Gasteiger partial charge >= 0.3 is 5.97 Å². The van der Waals surface area contributed by atoms with Crippen molar-refractivity contribution in [3.05, 3.63) is 72.8 Å². The molecule has 3 rings (SSSR count). The lowest BCUT2D eigenvalue weighted by Crippen LogP contribution is -2.28. The fourth-order valence-electron chi connectivity index (χ4n) is 2.47. The summed E-state index contributed by atoms with van der Waals surface area (Å²) in [5, 5.41) is 9.36. The minimum absolute atomic E-state index is 0.218. The van der Waals surface area contributed by atoms with Crippen molar-refractivity contribution >= 4 is 5.97 Å². The van der Waals surface area contributed by atoms with E-state index in [9.17, 15) is 9.90 Å². The Kier molecular flexibility index (Phi) is 5.61. The maximum atomic E-state index is 12.2. The summed E-state index contributed by atoms with van der Waals surface area (Å²) in [6.45, 7) is 1.64. The molecule has 3 aromatic rings. The summed E-state index contributed by atoms with van der Waals surface area (Å²) in [7, 11) is 1.59. The van der Waals surface area contributed by atoms with Gasteiger partial charge in [0.15, 0.2) is 6.10 Å². The number of carbonyl (C=O) groups is 1. The van der Waals surface area contributed by atoms with E-state index in [1.165, 1.54) is 0 Å². The van der Waals surface area contributed by atoms with Crippen LogP contribution in [0.4, 0.5) is 0 Å². The summed E-state index contributed by atoms with van der Waals surface area (Å²) in [5.74, 6) is 1.44. The van der Waals surface area contributed by atoms with Gasteiger partial charge in [-0.25, -0.2) is 4.79 Å². The molecule has 0 bridgehead atoms. The Morgan fingerprint density at radius 1 is 0.778 bits per heavy atom. The number of hydrogen-bond acceptors (Lipinski definition) is 5. The predicted octanol–water partition coefficient (Wildman–Crippen LogP) is 4.44. The molecule has 0 radical (unpaired) electrons. The number of phenols is 1. The molecule has 0 saturated heterocycles. The van der Waals surface area contributed by atoms with Gasteiger partial charge in [0.25, 0.3) is 0 Å². The zero-order valence-corrected chi connectivity index (χ0v) is 15.1. The lowest BCUT2D eigenvalue weighted by Gasteiger charge is -2.14. The highest BCUT2D eigenvalue weighted by molar-refractivity contribution is 5.77. The van der Waals surface area contributed by atoms with Crippen LogP contribution in [0.5, 0.6) is 23.0 Å².